The summed E-state index contributed by atoms with van der Waals surface area (Å²) in [6.07, 6.45) is 5.50. The van der Waals surface area contributed by atoms with Crippen LogP contribution >= 0.6 is 0 Å². The van der Waals surface area contributed by atoms with E-state index >= 15 is 0 Å². The van der Waals surface area contributed by atoms with Gasteiger partial charge in [-0.25, -0.2) is 4.98 Å². The average molecular weight is 368 g/mol. The maximum absolute atomic E-state index is 5.19. The number of rotatable bonds is 4. The number of aromatic nitrogens is 3. The standard InChI is InChI=1S/C20H28N6O/c1-21-20(26-12-15-5-3-4-6-16(15)13-26)22-11-18-23-19(25-24-18)14-7-9-17(27-2)10-8-14/h7-10,15-16H,3-6,11-13H2,1-2H3,(H,21,22)(H,23,24,25). The van der Waals surface area contributed by atoms with E-state index in [0.29, 0.717) is 12.4 Å². The van der Waals surface area contributed by atoms with Gasteiger partial charge in [-0.15, -0.1) is 0 Å². The Kier molecular flexibility index (Phi) is 5.27. The summed E-state index contributed by atoms with van der Waals surface area (Å²) in [6.45, 7) is 2.83. The normalized spacial score (nSPS) is 22.6. The SMILES string of the molecule is CN=C(NCc1nc(-c2ccc(OC)cc2)n[nH]1)N1CC2CCCCC2C1. The molecule has 4 rings (SSSR count). The van der Waals surface area contributed by atoms with Crippen molar-refractivity contribution in [2.24, 2.45) is 16.8 Å². The number of nitrogens with zero attached hydrogens (tertiary/aromatic N) is 4. The summed E-state index contributed by atoms with van der Waals surface area (Å²) in [5.74, 6) is 4.96. The second-order valence-corrected chi connectivity index (χ2v) is 7.44. The van der Waals surface area contributed by atoms with E-state index in [9.17, 15) is 0 Å². The second kappa shape index (κ2) is 7.98. The van der Waals surface area contributed by atoms with Gasteiger partial charge in [-0.3, -0.25) is 10.1 Å². The van der Waals surface area contributed by atoms with E-state index in [1.54, 1.807) is 7.11 Å². The Morgan fingerprint density at radius 2 is 1.93 bits per heavy atom. The Bertz CT molecular complexity index is 770. The van der Waals surface area contributed by atoms with Crippen LogP contribution in [0.4, 0.5) is 0 Å². The number of hydrogen-bond donors (Lipinski definition) is 2. The summed E-state index contributed by atoms with van der Waals surface area (Å²) in [5.41, 5.74) is 0.964. The van der Waals surface area contributed by atoms with E-state index in [1.807, 2.05) is 31.3 Å². The molecule has 1 aliphatic carbocycles. The van der Waals surface area contributed by atoms with Crippen LogP contribution in [0.1, 0.15) is 31.5 Å². The van der Waals surface area contributed by atoms with Crippen molar-refractivity contribution < 1.29 is 4.74 Å². The molecule has 144 valence electrons. The van der Waals surface area contributed by atoms with Gasteiger partial charge in [-0.05, 0) is 48.9 Å². The molecule has 1 aromatic heterocycles. The Labute approximate surface area is 160 Å². The molecule has 2 N–H and O–H groups in total. The molecule has 27 heavy (non-hydrogen) atoms. The average Bonchev–Trinajstić information content (AvgIpc) is 3.35. The predicted molar refractivity (Wildman–Crippen MR) is 106 cm³/mol. The van der Waals surface area contributed by atoms with Crippen molar-refractivity contribution in [3.05, 3.63) is 30.1 Å². The van der Waals surface area contributed by atoms with Gasteiger partial charge in [0, 0.05) is 25.7 Å². The van der Waals surface area contributed by atoms with Crippen LogP contribution < -0.4 is 10.1 Å². The molecule has 1 aromatic carbocycles. The summed E-state index contributed by atoms with van der Waals surface area (Å²) >= 11 is 0. The lowest BCUT2D eigenvalue weighted by molar-refractivity contribution is 0.299. The van der Waals surface area contributed by atoms with Gasteiger partial charge in [-0.2, -0.15) is 5.10 Å². The molecule has 2 aliphatic rings. The first kappa shape index (κ1) is 17.8. The fourth-order valence-electron chi connectivity index (χ4n) is 4.32. The number of likely N-dealkylation sites (tertiary alicyclic amines) is 1. The number of H-pyrrole nitrogens is 1. The molecule has 7 heteroatoms. The van der Waals surface area contributed by atoms with E-state index in [4.69, 9.17) is 4.74 Å². The molecular weight excluding hydrogens is 340 g/mol. The highest BCUT2D eigenvalue weighted by Crippen LogP contribution is 2.35. The lowest BCUT2D eigenvalue weighted by Crippen LogP contribution is -2.40. The Morgan fingerprint density at radius 1 is 1.22 bits per heavy atom. The third kappa shape index (κ3) is 3.91. The molecule has 0 radical (unpaired) electrons. The van der Waals surface area contributed by atoms with E-state index in [0.717, 1.165) is 48.0 Å². The highest BCUT2D eigenvalue weighted by molar-refractivity contribution is 5.80. The number of aromatic amines is 1. The summed E-state index contributed by atoms with van der Waals surface area (Å²) in [6, 6.07) is 7.75. The number of guanidine groups is 1. The van der Waals surface area contributed by atoms with Crippen molar-refractivity contribution in [1.82, 2.24) is 25.4 Å². The van der Waals surface area contributed by atoms with Crippen LogP contribution in [-0.2, 0) is 6.54 Å². The van der Waals surface area contributed by atoms with Crippen molar-refractivity contribution in [3.63, 3.8) is 0 Å². The Morgan fingerprint density at radius 3 is 2.56 bits per heavy atom. The van der Waals surface area contributed by atoms with Crippen LogP contribution in [0.3, 0.4) is 0 Å². The minimum absolute atomic E-state index is 0.585. The first-order valence-corrected chi connectivity index (χ1v) is 9.78. The third-order valence-corrected chi connectivity index (χ3v) is 5.78. The number of aliphatic imine (C=N–C) groups is 1. The highest BCUT2D eigenvalue weighted by Gasteiger charge is 2.35. The van der Waals surface area contributed by atoms with Gasteiger partial charge in [0.25, 0.3) is 0 Å². The molecule has 0 amide bonds. The number of fused-ring (bicyclic) bond motifs is 1. The maximum Gasteiger partial charge on any atom is 0.194 e. The van der Waals surface area contributed by atoms with Gasteiger partial charge < -0.3 is 15.0 Å². The molecular formula is C20H28N6O. The van der Waals surface area contributed by atoms with Gasteiger partial charge in [0.1, 0.15) is 11.6 Å². The Balaban J connectivity index is 1.36. The molecule has 2 unspecified atom stereocenters. The lowest BCUT2D eigenvalue weighted by Gasteiger charge is -2.22. The molecule has 2 atom stereocenters. The van der Waals surface area contributed by atoms with E-state index < -0.39 is 0 Å². The Hall–Kier alpha value is -2.57. The molecule has 0 bridgehead atoms. The molecule has 2 aromatic rings. The zero-order chi connectivity index (χ0) is 18.6. The summed E-state index contributed by atoms with van der Waals surface area (Å²) in [4.78, 5) is 11.5. The monoisotopic (exact) mass is 368 g/mol. The summed E-state index contributed by atoms with van der Waals surface area (Å²) < 4.78 is 5.19. The minimum Gasteiger partial charge on any atom is -0.497 e. The molecule has 1 saturated heterocycles. The third-order valence-electron chi connectivity index (χ3n) is 5.78. The van der Waals surface area contributed by atoms with Gasteiger partial charge in [0.05, 0.1) is 13.7 Å². The number of hydrogen-bond acceptors (Lipinski definition) is 4. The highest BCUT2D eigenvalue weighted by atomic mass is 16.5. The summed E-state index contributed by atoms with van der Waals surface area (Å²) in [5, 5.41) is 10.8. The quantitative estimate of drug-likeness (QED) is 0.641. The molecule has 1 aliphatic heterocycles. The largest absolute Gasteiger partial charge is 0.497 e. The van der Waals surface area contributed by atoms with Crippen molar-refractivity contribution in [1.29, 1.82) is 0 Å². The smallest absolute Gasteiger partial charge is 0.194 e. The van der Waals surface area contributed by atoms with E-state index in [2.05, 4.69) is 30.4 Å². The van der Waals surface area contributed by atoms with Crippen LogP contribution in [0.2, 0.25) is 0 Å². The van der Waals surface area contributed by atoms with Crippen LogP contribution in [-0.4, -0.2) is 53.3 Å². The zero-order valence-corrected chi connectivity index (χ0v) is 16.1. The fraction of sp³-hybridized carbons (Fsp3) is 0.550. The molecule has 2 heterocycles. The van der Waals surface area contributed by atoms with Crippen molar-refractivity contribution in [2.75, 3.05) is 27.2 Å². The summed E-state index contributed by atoms with van der Waals surface area (Å²) in [7, 11) is 3.52. The van der Waals surface area contributed by atoms with Crippen LogP contribution in [0.5, 0.6) is 5.75 Å². The fourth-order valence-corrected chi connectivity index (χ4v) is 4.32. The zero-order valence-electron chi connectivity index (χ0n) is 16.1. The van der Waals surface area contributed by atoms with Crippen molar-refractivity contribution >= 4 is 5.96 Å². The van der Waals surface area contributed by atoms with Crippen molar-refractivity contribution in [2.45, 2.75) is 32.2 Å². The number of nitrogens with one attached hydrogen (secondary N) is 2. The van der Waals surface area contributed by atoms with Crippen LogP contribution in [0.15, 0.2) is 29.3 Å². The van der Waals surface area contributed by atoms with Gasteiger partial charge >= 0.3 is 0 Å². The molecule has 1 saturated carbocycles. The number of benzene rings is 1. The van der Waals surface area contributed by atoms with Crippen LogP contribution in [0.25, 0.3) is 11.4 Å². The van der Waals surface area contributed by atoms with E-state index in [-0.39, 0.29) is 0 Å². The molecule has 2 fully saturated rings. The van der Waals surface area contributed by atoms with Gasteiger partial charge in [-0.1, -0.05) is 12.8 Å². The lowest BCUT2D eigenvalue weighted by atomic mass is 9.82. The van der Waals surface area contributed by atoms with Gasteiger partial charge in [0.2, 0.25) is 0 Å². The van der Waals surface area contributed by atoms with E-state index in [1.165, 1.54) is 25.7 Å². The first-order valence-electron chi connectivity index (χ1n) is 9.78. The van der Waals surface area contributed by atoms with Crippen LogP contribution in [0, 0.1) is 11.8 Å². The number of methoxy groups -OCH3 is 1. The topological polar surface area (TPSA) is 78.4 Å². The minimum atomic E-state index is 0.585. The second-order valence-electron chi connectivity index (χ2n) is 7.44. The molecule has 7 nitrogen and oxygen atoms in total. The first-order chi connectivity index (χ1) is 13.3. The maximum atomic E-state index is 5.19. The predicted octanol–water partition coefficient (Wildman–Crippen LogP) is 2.68. The van der Waals surface area contributed by atoms with Crippen molar-refractivity contribution in [3.8, 4) is 17.1 Å². The molecule has 0 spiro atoms. The number of ether oxygens (including phenoxy) is 1. The van der Waals surface area contributed by atoms with Gasteiger partial charge in [0.15, 0.2) is 11.8 Å².